The molecule has 2 rings (SSSR count). The first-order valence-electron chi connectivity index (χ1n) is 5.20. The van der Waals surface area contributed by atoms with Gasteiger partial charge >= 0.3 is 0 Å². The zero-order valence-electron chi connectivity index (χ0n) is 9.54. The molecule has 0 radical (unpaired) electrons. The fraction of sp³-hybridized carbons (Fsp3) is 0.167. The minimum atomic E-state index is -0.144. The summed E-state index contributed by atoms with van der Waals surface area (Å²) in [5, 5.41) is 0.713. The molecule has 0 amide bonds. The van der Waals surface area contributed by atoms with E-state index >= 15 is 0 Å². The lowest BCUT2D eigenvalue weighted by atomic mass is 10.4. The molecule has 94 valence electrons. The second-order valence-electron chi connectivity index (χ2n) is 3.65. The van der Waals surface area contributed by atoms with E-state index in [0.717, 1.165) is 4.90 Å². The molecule has 0 aliphatic heterocycles. The Labute approximate surface area is 122 Å². The molecule has 0 spiro atoms. The molecule has 0 aliphatic carbocycles. The Balaban J connectivity index is 2.11. The van der Waals surface area contributed by atoms with Gasteiger partial charge in [0.25, 0.3) is 5.56 Å². The van der Waals surface area contributed by atoms with Gasteiger partial charge in [0.1, 0.15) is 10.3 Å². The van der Waals surface area contributed by atoms with Gasteiger partial charge in [0.05, 0.1) is 11.4 Å². The van der Waals surface area contributed by atoms with Gasteiger partial charge in [-0.25, -0.2) is 4.98 Å². The third-order valence-electron chi connectivity index (χ3n) is 2.27. The van der Waals surface area contributed by atoms with Crippen LogP contribution in [-0.2, 0) is 5.75 Å². The highest BCUT2D eigenvalue weighted by Crippen LogP contribution is 2.23. The largest absolute Gasteiger partial charge is 0.309 e. The van der Waals surface area contributed by atoms with Gasteiger partial charge in [0.15, 0.2) is 0 Å². The first kappa shape index (κ1) is 13.6. The lowest BCUT2D eigenvalue weighted by molar-refractivity contribution is 0.954. The molecule has 0 aliphatic rings. The predicted molar refractivity (Wildman–Crippen MR) is 78.3 cm³/mol. The van der Waals surface area contributed by atoms with Crippen LogP contribution in [0.2, 0.25) is 5.02 Å². The summed E-state index contributed by atoms with van der Waals surface area (Å²) >= 11 is 10.6. The van der Waals surface area contributed by atoms with Crippen molar-refractivity contribution >= 4 is 39.3 Å². The molecule has 0 atom stereocenters. The summed E-state index contributed by atoms with van der Waals surface area (Å²) in [6, 6.07) is 7.56. The fourth-order valence-corrected chi connectivity index (χ4v) is 2.46. The molecule has 1 aromatic carbocycles. The highest BCUT2D eigenvalue weighted by molar-refractivity contribution is 9.10. The van der Waals surface area contributed by atoms with Crippen molar-refractivity contribution in [1.29, 1.82) is 0 Å². The number of halogens is 2. The van der Waals surface area contributed by atoms with Crippen LogP contribution >= 0.6 is 39.3 Å². The van der Waals surface area contributed by atoms with Crippen molar-refractivity contribution in [3.05, 3.63) is 55.6 Å². The zero-order valence-corrected chi connectivity index (χ0v) is 12.7. The number of H-pyrrole nitrogens is 1. The molecule has 18 heavy (non-hydrogen) atoms. The van der Waals surface area contributed by atoms with Crippen LogP contribution in [0.3, 0.4) is 0 Å². The van der Waals surface area contributed by atoms with E-state index in [2.05, 4.69) is 25.9 Å². The number of aryl methyl sites for hydroxylation is 1. The molecule has 0 unspecified atom stereocenters. The number of hydrogen-bond donors (Lipinski definition) is 1. The van der Waals surface area contributed by atoms with E-state index in [0.29, 0.717) is 26.8 Å². The summed E-state index contributed by atoms with van der Waals surface area (Å²) < 4.78 is 0.489. The van der Waals surface area contributed by atoms with E-state index in [1.54, 1.807) is 18.7 Å². The Morgan fingerprint density at radius 3 is 2.67 bits per heavy atom. The molecule has 1 heterocycles. The van der Waals surface area contributed by atoms with Crippen LogP contribution < -0.4 is 5.56 Å². The second-order valence-corrected chi connectivity index (χ2v) is 5.93. The first-order valence-corrected chi connectivity index (χ1v) is 7.35. The predicted octanol–water partition coefficient (Wildman–Crippen LogP) is 3.79. The van der Waals surface area contributed by atoms with Crippen LogP contribution in [-0.4, -0.2) is 9.97 Å². The summed E-state index contributed by atoms with van der Waals surface area (Å²) in [5.74, 6) is 1.28. The van der Waals surface area contributed by atoms with E-state index in [9.17, 15) is 4.79 Å². The van der Waals surface area contributed by atoms with E-state index in [-0.39, 0.29) is 5.56 Å². The van der Waals surface area contributed by atoms with Crippen molar-refractivity contribution in [2.45, 2.75) is 17.6 Å². The lowest BCUT2D eigenvalue weighted by Gasteiger charge is -2.03. The average molecular weight is 346 g/mol. The maximum Gasteiger partial charge on any atom is 0.265 e. The molecule has 6 heteroatoms. The van der Waals surface area contributed by atoms with Gasteiger partial charge in [0, 0.05) is 9.92 Å². The molecular weight excluding hydrogens is 336 g/mol. The van der Waals surface area contributed by atoms with Gasteiger partial charge in [-0.1, -0.05) is 11.6 Å². The molecule has 3 nitrogen and oxygen atoms in total. The summed E-state index contributed by atoms with van der Waals surface area (Å²) in [6.07, 6.45) is 0. The second kappa shape index (κ2) is 5.91. The quantitative estimate of drug-likeness (QED) is 0.861. The van der Waals surface area contributed by atoms with Gasteiger partial charge < -0.3 is 4.98 Å². The fourth-order valence-electron chi connectivity index (χ4n) is 1.38. The summed E-state index contributed by atoms with van der Waals surface area (Å²) in [4.78, 5) is 19.7. The standard InChI is InChI=1S/C12H10BrClN2OS/c1-7-11(13)12(17)16-10(15-7)6-18-9-4-2-8(14)3-5-9/h2-5H,6H2,1H3,(H,15,16,17). The van der Waals surface area contributed by atoms with Crippen molar-refractivity contribution in [2.75, 3.05) is 0 Å². The Hall–Kier alpha value is -0.780. The number of aromatic amines is 1. The van der Waals surface area contributed by atoms with Crippen LogP contribution in [0, 0.1) is 6.92 Å². The Bertz CT molecular complexity index is 612. The topological polar surface area (TPSA) is 45.8 Å². The first-order chi connectivity index (χ1) is 8.56. The molecule has 0 saturated heterocycles. The van der Waals surface area contributed by atoms with Gasteiger partial charge in [-0.05, 0) is 47.1 Å². The summed E-state index contributed by atoms with van der Waals surface area (Å²) in [6.45, 7) is 1.80. The van der Waals surface area contributed by atoms with Gasteiger partial charge in [-0.15, -0.1) is 11.8 Å². The van der Waals surface area contributed by atoms with E-state index < -0.39 is 0 Å². The van der Waals surface area contributed by atoms with Crippen LogP contribution in [0.15, 0.2) is 38.4 Å². The minimum Gasteiger partial charge on any atom is -0.309 e. The normalized spacial score (nSPS) is 10.6. The molecule has 1 N–H and O–H groups in total. The van der Waals surface area contributed by atoms with Gasteiger partial charge in [0.2, 0.25) is 0 Å². The highest BCUT2D eigenvalue weighted by atomic mass is 79.9. The molecule has 2 aromatic rings. The number of nitrogens with one attached hydrogen (secondary N) is 1. The molecule has 1 aromatic heterocycles. The minimum absolute atomic E-state index is 0.144. The number of benzene rings is 1. The molecule has 0 fully saturated rings. The SMILES string of the molecule is Cc1nc(CSc2ccc(Cl)cc2)[nH]c(=O)c1Br. The van der Waals surface area contributed by atoms with E-state index in [1.165, 1.54) is 0 Å². The average Bonchev–Trinajstić information content (AvgIpc) is 2.35. The van der Waals surface area contributed by atoms with Crippen LogP contribution in [0.25, 0.3) is 0 Å². The third-order valence-corrected chi connectivity index (χ3v) is 4.48. The van der Waals surface area contributed by atoms with Crippen molar-refractivity contribution < 1.29 is 0 Å². The number of hydrogen-bond acceptors (Lipinski definition) is 3. The number of thioether (sulfide) groups is 1. The van der Waals surface area contributed by atoms with Crippen LogP contribution in [0.5, 0.6) is 0 Å². The monoisotopic (exact) mass is 344 g/mol. The molecular formula is C12H10BrClN2OS. The zero-order chi connectivity index (χ0) is 13.1. The lowest BCUT2D eigenvalue weighted by Crippen LogP contribution is -2.13. The van der Waals surface area contributed by atoms with E-state index in [4.69, 9.17) is 11.6 Å². The number of rotatable bonds is 3. The number of aromatic nitrogens is 2. The van der Waals surface area contributed by atoms with Crippen LogP contribution in [0.4, 0.5) is 0 Å². The van der Waals surface area contributed by atoms with E-state index in [1.807, 2.05) is 24.3 Å². The van der Waals surface area contributed by atoms with Crippen LogP contribution in [0.1, 0.15) is 11.5 Å². The summed E-state index contributed by atoms with van der Waals surface area (Å²) in [5.41, 5.74) is 0.555. The van der Waals surface area contributed by atoms with Gasteiger partial charge in [-0.2, -0.15) is 0 Å². The smallest absolute Gasteiger partial charge is 0.265 e. The Kier molecular flexibility index (Phi) is 4.48. The highest BCUT2D eigenvalue weighted by Gasteiger charge is 2.05. The maximum absolute atomic E-state index is 11.5. The maximum atomic E-state index is 11.5. The molecule has 0 bridgehead atoms. The number of nitrogens with zero attached hydrogens (tertiary/aromatic N) is 1. The van der Waals surface area contributed by atoms with Crippen molar-refractivity contribution in [3.63, 3.8) is 0 Å². The molecule has 0 saturated carbocycles. The summed E-state index contributed by atoms with van der Waals surface area (Å²) in [7, 11) is 0. The van der Waals surface area contributed by atoms with Crippen molar-refractivity contribution in [3.8, 4) is 0 Å². The van der Waals surface area contributed by atoms with Crippen molar-refractivity contribution in [2.24, 2.45) is 0 Å². The van der Waals surface area contributed by atoms with Crippen molar-refractivity contribution in [1.82, 2.24) is 9.97 Å². The van der Waals surface area contributed by atoms with Gasteiger partial charge in [-0.3, -0.25) is 4.79 Å². The third kappa shape index (κ3) is 3.37. The Morgan fingerprint density at radius 1 is 1.39 bits per heavy atom. The Morgan fingerprint density at radius 2 is 2.06 bits per heavy atom.